The Hall–Kier alpha value is -4.09. The van der Waals surface area contributed by atoms with Crippen molar-refractivity contribution >= 4 is 35.6 Å². The lowest BCUT2D eigenvalue weighted by molar-refractivity contribution is -0.165. The van der Waals surface area contributed by atoms with Crippen LogP contribution in [-0.2, 0) is 35.2 Å². The molecule has 0 saturated carbocycles. The van der Waals surface area contributed by atoms with E-state index < -0.39 is 54.1 Å². The number of hydrogen-bond donors (Lipinski definition) is 8. The van der Waals surface area contributed by atoms with Crippen LogP contribution >= 0.6 is 0 Å². The molecule has 206 valence electrons. The van der Waals surface area contributed by atoms with Crippen molar-refractivity contribution in [1.82, 2.24) is 25.5 Å². The van der Waals surface area contributed by atoms with E-state index in [1.807, 2.05) is 0 Å². The summed E-state index contributed by atoms with van der Waals surface area (Å²) in [7, 11) is 0. The third kappa shape index (κ3) is 8.51. The highest BCUT2D eigenvalue weighted by Gasteiger charge is 2.38. The zero-order valence-corrected chi connectivity index (χ0v) is 19.5. The van der Waals surface area contributed by atoms with Gasteiger partial charge in [0.05, 0.1) is 6.33 Å². The molecule has 3 rings (SSSR count). The molecule has 0 aliphatic carbocycles. The molecule has 0 aromatic carbocycles. The van der Waals surface area contributed by atoms with Gasteiger partial charge >= 0.3 is 11.9 Å². The predicted octanol–water partition coefficient (Wildman–Crippen LogP) is -4.76. The molecule has 37 heavy (non-hydrogen) atoms. The Balaban J connectivity index is 0.000000533. The second kappa shape index (κ2) is 13.9. The molecule has 2 aliphatic rings. The standard InChI is InChI=1S/C16H22N6O4.C4H6O6.H2O/c17-14(24)12-2-1-5-22(12)16(26)11(6-9-7-18-8-19-9)21-15(25)10-3-4-13(23)20-10;5-1(3(7)8)2(6)4(9)10;/h7-8,10-12H,1-6H2,(H2,17,24)(H,18,19)(H,20,23)(H,21,25);1-2,5-6H,(H,7,8)(H,9,10);1H2/t10-,11-,12-;1-,2-;/m01./s1. The summed E-state index contributed by atoms with van der Waals surface area (Å²) in [5.74, 6) is -5.05. The molecule has 5 atom stereocenters. The number of hydrogen-bond acceptors (Lipinski definition) is 9. The van der Waals surface area contributed by atoms with Crippen LogP contribution in [0.1, 0.15) is 31.4 Å². The van der Waals surface area contributed by atoms with E-state index in [2.05, 4.69) is 20.6 Å². The Morgan fingerprint density at radius 1 is 1.14 bits per heavy atom. The SMILES string of the molecule is NC(=O)[C@@H]1CCCN1C(=O)[C@H](Cc1cnc[nH]1)NC(=O)[C@@H]1CCC(=O)N1.O.O=C(O)[C@H](O)[C@@H](O)C(=O)O. The fourth-order valence-corrected chi connectivity index (χ4v) is 3.70. The number of carboxylic acids is 2. The number of aliphatic hydroxyl groups excluding tert-OH is 2. The molecule has 0 unspecified atom stereocenters. The highest BCUT2D eigenvalue weighted by atomic mass is 16.4. The quantitative estimate of drug-likeness (QED) is 0.150. The molecular formula is C20H30N6O11. The molecule has 2 aliphatic heterocycles. The summed E-state index contributed by atoms with van der Waals surface area (Å²) in [6.45, 7) is 0.419. The Morgan fingerprint density at radius 2 is 1.76 bits per heavy atom. The number of aliphatic hydroxyl groups is 2. The number of imidazole rings is 1. The van der Waals surface area contributed by atoms with Crippen molar-refractivity contribution in [3.05, 3.63) is 18.2 Å². The van der Waals surface area contributed by atoms with Crippen molar-refractivity contribution in [3.63, 3.8) is 0 Å². The van der Waals surface area contributed by atoms with Crippen molar-refractivity contribution in [1.29, 1.82) is 0 Å². The maximum Gasteiger partial charge on any atom is 0.335 e. The van der Waals surface area contributed by atoms with Gasteiger partial charge in [-0.1, -0.05) is 0 Å². The topological polar surface area (TPSA) is 297 Å². The summed E-state index contributed by atoms with van der Waals surface area (Å²) in [6, 6.07) is -2.18. The van der Waals surface area contributed by atoms with Crippen molar-refractivity contribution in [2.45, 2.75) is 62.4 Å². The number of aliphatic carboxylic acids is 2. The molecule has 0 bridgehead atoms. The Labute approximate surface area is 209 Å². The van der Waals surface area contributed by atoms with Gasteiger partial charge in [-0.2, -0.15) is 0 Å². The number of H-pyrrole nitrogens is 1. The molecule has 3 heterocycles. The van der Waals surface area contributed by atoms with Gasteiger partial charge in [-0.05, 0) is 19.3 Å². The van der Waals surface area contributed by atoms with Crippen LogP contribution in [0, 0.1) is 0 Å². The van der Waals surface area contributed by atoms with E-state index in [1.165, 1.54) is 11.2 Å². The summed E-state index contributed by atoms with van der Waals surface area (Å²) in [5, 5.41) is 37.8. The Bertz CT molecular complexity index is 967. The minimum Gasteiger partial charge on any atom is -0.479 e. The zero-order chi connectivity index (χ0) is 27.0. The predicted molar refractivity (Wildman–Crippen MR) is 120 cm³/mol. The molecule has 2 fully saturated rings. The maximum absolute atomic E-state index is 13.0. The first-order valence-electron chi connectivity index (χ1n) is 10.9. The van der Waals surface area contributed by atoms with Crippen LogP contribution in [0.15, 0.2) is 12.5 Å². The minimum absolute atomic E-state index is 0. The zero-order valence-electron chi connectivity index (χ0n) is 19.5. The lowest BCUT2D eigenvalue weighted by Gasteiger charge is -2.28. The van der Waals surface area contributed by atoms with E-state index in [-0.39, 0.29) is 30.1 Å². The number of aromatic nitrogens is 2. The van der Waals surface area contributed by atoms with Crippen LogP contribution in [-0.4, -0.2) is 113 Å². The summed E-state index contributed by atoms with van der Waals surface area (Å²) in [6.07, 6.45) is 0.601. The van der Waals surface area contributed by atoms with E-state index >= 15 is 0 Å². The number of carbonyl (C=O) groups is 6. The number of nitrogens with zero attached hydrogens (tertiary/aromatic N) is 2. The number of amides is 4. The number of rotatable bonds is 9. The number of primary amides is 1. The fraction of sp³-hybridized carbons (Fsp3) is 0.550. The van der Waals surface area contributed by atoms with Crippen LogP contribution in [0.4, 0.5) is 0 Å². The summed E-state index contributed by atoms with van der Waals surface area (Å²) >= 11 is 0. The third-order valence-corrected chi connectivity index (χ3v) is 5.57. The Kier molecular flexibility index (Phi) is 11.6. The van der Waals surface area contributed by atoms with Gasteiger partial charge in [0, 0.05) is 31.3 Å². The molecule has 1 aromatic rings. The third-order valence-electron chi connectivity index (χ3n) is 5.57. The van der Waals surface area contributed by atoms with E-state index in [0.717, 1.165) is 0 Å². The molecular weight excluding hydrogens is 500 g/mol. The average Bonchev–Trinajstić information content (AvgIpc) is 3.59. The first-order chi connectivity index (χ1) is 16.9. The number of nitrogens with two attached hydrogens (primary N) is 1. The van der Waals surface area contributed by atoms with E-state index in [4.69, 9.17) is 26.2 Å². The molecule has 0 spiro atoms. The molecule has 4 amide bonds. The number of carbonyl (C=O) groups excluding carboxylic acids is 4. The molecule has 0 radical (unpaired) electrons. The lowest BCUT2D eigenvalue weighted by Crippen LogP contribution is -2.56. The summed E-state index contributed by atoms with van der Waals surface area (Å²) in [4.78, 5) is 76.2. The fourth-order valence-electron chi connectivity index (χ4n) is 3.70. The van der Waals surface area contributed by atoms with Crippen LogP contribution in [0.25, 0.3) is 0 Å². The van der Waals surface area contributed by atoms with E-state index in [9.17, 15) is 28.8 Å². The van der Waals surface area contributed by atoms with Gasteiger partial charge in [-0.15, -0.1) is 0 Å². The maximum atomic E-state index is 13.0. The van der Waals surface area contributed by atoms with Gasteiger partial charge < -0.3 is 52.2 Å². The molecule has 17 nitrogen and oxygen atoms in total. The largest absolute Gasteiger partial charge is 0.479 e. The van der Waals surface area contributed by atoms with Crippen molar-refractivity contribution < 1.29 is 54.7 Å². The highest BCUT2D eigenvalue weighted by Crippen LogP contribution is 2.19. The summed E-state index contributed by atoms with van der Waals surface area (Å²) in [5.41, 5.74) is 6.07. The summed E-state index contributed by atoms with van der Waals surface area (Å²) < 4.78 is 0. The second-order valence-corrected chi connectivity index (χ2v) is 8.16. The molecule has 17 heteroatoms. The van der Waals surface area contributed by atoms with Gasteiger partial charge in [-0.3, -0.25) is 19.2 Å². The van der Waals surface area contributed by atoms with Crippen molar-refractivity contribution in [2.75, 3.05) is 6.54 Å². The van der Waals surface area contributed by atoms with Gasteiger partial charge in [0.1, 0.15) is 18.1 Å². The number of aromatic amines is 1. The Morgan fingerprint density at radius 3 is 2.22 bits per heavy atom. The smallest absolute Gasteiger partial charge is 0.335 e. The van der Waals surface area contributed by atoms with Crippen LogP contribution in [0.3, 0.4) is 0 Å². The van der Waals surface area contributed by atoms with E-state index in [0.29, 0.717) is 31.5 Å². The van der Waals surface area contributed by atoms with Crippen LogP contribution < -0.4 is 16.4 Å². The minimum atomic E-state index is -2.27. The first kappa shape index (κ1) is 30.9. The molecule has 1 aromatic heterocycles. The van der Waals surface area contributed by atoms with Gasteiger partial charge in [0.15, 0.2) is 12.2 Å². The van der Waals surface area contributed by atoms with Crippen LogP contribution in [0.2, 0.25) is 0 Å². The number of nitrogens with one attached hydrogen (secondary N) is 3. The normalized spacial score (nSPS) is 20.8. The van der Waals surface area contributed by atoms with Crippen molar-refractivity contribution in [3.8, 4) is 0 Å². The number of likely N-dealkylation sites (tertiary alicyclic amines) is 1. The number of carboxylic acid groups (broad SMARTS) is 2. The molecule has 11 N–H and O–H groups in total. The van der Waals surface area contributed by atoms with Gasteiger partial charge in [0.2, 0.25) is 23.6 Å². The van der Waals surface area contributed by atoms with Crippen LogP contribution in [0.5, 0.6) is 0 Å². The monoisotopic (exact) mass is 530 g/mol. The van der Waals surface area contributed by atoms with Crippen molar-refractivity contribution in [2.24, 2.45) is 5.73 Å². The highest BCUT2D eigenvalue weighted by molar-refractivity contribution is 5.95. The first-order valence-corrected chi connectivity index (χ1v) is 10.9. The molecule has 2 saturated heterocycles. The second-order valence-electron chi connectivity index (χ2n) is 8.16. The average molecular weight is 530 g/mol. The van der Waals surface area contributed by atoms with Gasteiger partial charge in [-0.25, -0.2) is 14.6 Å². The van der Waals surface area contributed by atoms with Gasteiger partial charge in [0.25, 0.3) is 0 Å². The lowest BCUT2D eigenvalue weighted by atomic mass is 10.1. The van der Waals surface area contributed by atoms with E-state index in [1.54, 1.807) is 6.20 Å².